The fourth-order valence-electron chi connectivity index (χ4n) is 1.84. The summed E-state index contributed by atoms with van der Waals surface area (Å²) in [5, 5.41) is 6.70. The van der Waals surface area contributed by atoms with Crippen molar-refractivity contribution in [2.45, 2.75) is 0 Å². The van der Waals surface area contributed by atoms with Crippen LogP contribution < -0.4 is 5.73 Å². The minimum Gasteiger partial charge on any atom is -0.399 e. The molecule has 4 nitrogen and oxygen atoms in total. The Hall–Kier alpha value is -2.76. The van der Waals surface area contributed by atoms with Gasteiger partial charge in [0.15, 0.2) is 11.6 Å². The zero-order valence-corrected chi connectivity index (χ0v) is 10.3. The lowest BCUT2D eigenvalue weighted by molar-refractivity contribution is 0.584. The van der Waals surface area contributed by atoms with E-state index in [9.17, 15) is 8.78 Å². The average molecular weight is 272 g/mol. The van der Waals surface area contributed by atoms with Gasteiger partial charge in [-0.3, -0.25) is 5.10 Å². The van der Waals surface area contributed by atoms with Gasteiger partial charge >= 0.3 is 0 Å². The first-order chi connectivity index (χ1) is 9.61. The fraction of sp³-hybridized carbons (Fsp3) is 0. The third-order valence-electron chi connectivity index (χ3n) is 2.79. The third kappa shape index (κ3) is 2.35. The number of hydrogen-bond acceptors (Lipinski definition) is 3. The summed E-state index contributed by atoms with van der Waals surface area (Å²) < 4.78 is 26.3. The zero-order chi connectivity index (χ0) is 14.1. The topological polar surface area (TPSA) is 67.6 Å². The lowest BCUT2D eigenvalue weighted by Gasteiger charge is -1.97. The molecule has 1 aromatic heterocycles. The second-order valence-electron chi connectivity index (χ2n) is 4.29. The summed E-state index contributed by atoms with van der Waals surface area (Å²) in [6.45, 7) is 0. The van der Waals surface area contributed by atoms with Gasteiger partial charge in [0, 0.05) is 22.9 Å². The minimum absolute atomic E-state index is 0.232. The van der Waals surface area contributed by atoms with Gasteiger partial charge in [0.2, 0.25) is 0 Å². The van der Waals surface area contributed by atoms with Gasteiger partial charge in [-0.05, 0) is 36.4 Å². The molecule has 0 amide bonds. The van der Waals surface area contributed by atoms with E-state index in [1.54, 1.807) is 24.3 Å². The third-order valence-corrected chi connectivity index (χ3v) is 2.79. The molecule has 0 aliphatic heterocycles. The number of rotatable bonds is 2. The van der Waals surface area contributed by atoms with E-state index >= 15 is 0 Å². The van der Waals surface area contributed by atoms with Crippen LogP contribution in [0.5, 0.6) is 0 Å². The highest BCUT2D eigenvalue weighted by Crippen LogP contribution is 2.22. The van der Waals surface area contributed by atoms with Crippen LogP contribution in [0.25, 0.3) is 22.8 Å². The minimum atomic E-state index is -0.668. The Morgan fingerprint density at radius 2 is 1.55 bits per heavy atom. The van der Waals surface area contributed by atoms with Crippen molar-refractivity contribution in [3.63, 3.8) is 0 Å². The van der Waals surface area contributed by atoms with Crippen LogP contribution in [0.3, 0.4) is 0 Å². The predicted octanol–water partition coefficient (Wildman–Crippen LogP) is 3.00. The van der Waals surface area contributed by atoms with Crippen molar-refractivity contribution in [3.8, 4) is 22.8 Å². The molecular weight excluding hydrogens is 262 g/mol. The van der Waals surface area contributed by atoms with E-state index in [4.69, 9.17) is 5.73 Å². The van der Waals surface area contributed by atoms with E-state index in [1.165, 1.54) is 12.1 Å². The maximum Gasteiger partial charge on any atom is 0.181 e. The van der Waals surface area contributed by atoms with Crippen LogP contribution in [-0.2, 0) is 0 Å². The first kappa shape index (κ1) is 12.3. The lowest BCUT2D eigenvalue weighted by atomic mass is 10.2. The Morgan fingerprint density at radius 1 is 0.900 bits per heavy atom. The molecule has 3 N–H and O–H groups in total. The summed E-state index contributed by atoms with van der Waals surface area (Å²) in [5.41, 5.74) is 7.31. The Labute approximate surface area is 113 Å². The molecule has 1 heterocycles. The van der Waals surface area contributed by atoms with E-state index in [0.717, 1.165) is 11.6 Å². The van der Waals surface area contributed by atoms with Gasteiger partial charge in [-0.25, -0.2) is 13.8 Å². The van der Waals surface area contributed by atoms with Crippen molar-refractivity contribution in [3.05, 3.63) is 54.1 Å². The summed E-state index contributed by atoms with van der Waals surface area (Å²) in [7, 11) is 0. The summed E-state index contributed by atoms with van der Waals surface area (Å²) in [6.07, 6.45) is 0. The predicted molar refractivity (Wildman–Crippen MR) is 71.6 cm³/mol. The molecule has 3 rings (SSSR count). The Bertz CT molecular complexity index is 730. The second kappa shape index (κ2) is 4.73. The van der Waals surface area contributed by atoms with Gasteiger partial charge in [-0.1, -0.05) is 0 Å². The molecule has 6 heteroatoms. The molecule has 3 aromatic rings. The largest absolute Gasteiger partial charge is 0.399 e. The van der Waals surface area contributed by atoms with E-state index < -0.39 is 11.6 Å². The number of halogens is 2. The van der Waals surface area contributed by atoms with Gasteiger partial charge < -0.3 is 5.73 Å². The summed E-state index contributed by atoms with van der Waals surface area (Å²) >= 11 is 0. The molecule has 0 aliphatic carbocycles. The monoisotopic (exact) mass is 272 g/mol. The van der Waals surface area contributed by atoms with Crippen molar-refractivity contribution in [2.75, 3.05) is 5.73 Å². The molecule has 0 radical (unpaired) electrons. The normalized spacial score (nSPS) is 10.7. The smallest absolute Gasteiger partial charge is 0.181 e. The van der Waals surface area contributed by atoms with Crippen LogP contribution in [0.4, 0.5) is 14.5 Å². The summed E-state index contributed by atoms with van der Waals surface area (Å²) in [4.78, 5) is 4.22. The van der Waals surface area contributed by atoms with Gasteiger partial charge in [-0.2, -0.15) is 5.10 Å². The Kier molecular flexibility index (Phi) is 2.90. The van der Waals surface area contributed by atoms with Crippen LogP contribution in [0, 0.1) is 11.6 Å². The van der Waals surface area contributed by atoms with Crippen molar-refractivity contribution >= 4 is 5.69 Å². The molecule has 0 aliphatic rings. The van der Waals surface area contributed by atoms with Crippen LogP contribution >= 0.6 is 0 Å². The van der Waals surface area contributed by atoms with Crippen LogP contribution in [-0.4, -0.2) is 15.2 Å². The second-order valence-corrected chi connectivity index (χ2v) is 4.29. The van der Waals surface area contributed by atoms with Crippen LogP contribution in [0.1, 0.15) is 0 Å². The van der Waals surface area contributed by atoms with Crippen LogP contribution in [0.15, 0.2) is 42.5 Å². The van der Waals surface area contributed by atoms with Gasteiger partial charge in [0.1, 0.15) is 11.6 Å². The SMILES string of the molecule is Nc1ccc(-c2nc(-c3cc(F)cc(F)c3)n[nH]2)cc1. The number of aromatic amines is 1. The number of nitrogens with two attached hydrogens (primary N) is 1. The molecule has 0 saturated heterocycles. The quantitative estimate of drug-likeness (QED) is 0.705. The summed E-state index contributed by atoms with van der Waals surface area (Å²) in [6, 6.07) is 10.2. The molecule has 0 unspecified atom stereocenters. The van der Waals surface area contributed by atoms with E-state index in [0.29, 0.717) is 11.5 Å². The van der Waals surface area contributed by atoms with Crippen molar-refractivity contribution in [2.24, 2.45) is 0 Å². The van der Waals surface area contributed by atoms with Crippen molar-refractivity contribution in [1.29, 1.82) is 0 Å². The van der Waals surface area contributed by atoms with Gasteiger partial charge in [0.05, 0.1) is 0 Å². The first-order valence-corrected chi connectivity index (χ1v) is 5.86. The lowest BCUT2D eigenvalue weighted by Crippen LogP contribution is -1.86. The molecule has 0 bridgehead atoms. The van der Waals surface area contributed by atoms with Gasteiger partial charge in [0.25, 0.3) is 0 Å². The maximum atomic E-state index is 13.2. The number of aromatic nitrogens is 3. The number of nitrogens with one attached hydrogen (secondary N) is 1. The molecular formula is C14H10F2N4. The Morgan fingerprint density at radius 3 is 2.20 bits per heavy atom. The number of nitrogen functional groups attached to an aromatic ring is 1. The molecule has 0 fully saturated rings. The highest BCUT2D eigenvalue weighted by atomic mass is 19.1. The standard InChI is InChI=1S/C14H10F2N4/c15-10-5-9(6-11(16)7-10)14-18-13(19-20-14)8-1-3-12(17)4-2-8/h1-7H,17H2,(H,18,19,20). The molecule has 2 aromatic carbocycles. The molecule has 0 atom stereocenters. The van der Waals surface area contributed by atoms with Crippen molar-refractivity contribution < 1.29 is 8.78 Å². The number of hydrogen-bond donors (Lipinski definition) is 2. The Balaban J connectivity index is 1.99. The average Bonchev–Trinajstić information content (AvgIpc) is 2.88. The highest BCUT2D eigenvalue weighted by Gasteiger charge is 2.10. The molecule has 0 saturated carbocycles. The first-order valence-electron chi connectivity index (χ1n) is 5.86. The van der Waals surface area contributed by atoms with Crippen LogP contribution in [0.2, 0.25) is 0 Å². The zero-order valence-electron chi connectivity index (χ0n) is 10.3. The number of anilines is 1. The highest BCUT2D eigenvalue weighted by molar-refractivity contribution is 5.62. The van der Waals surface area contributed by atoms with Gasteiger partial charge in [-0.15, -0.1) is 0 Å². The maximum absolute atomic E-state index is 13.2. The molecule has 0 spiro atoms. The van der Waals surface area contributed by atoms with E-state index in [-0.39, 0.29) is 11.4 Å². The fourth-order valence-corrected chi connectivity index (χ4v) is 1.84. The summed E-state index contributed by atoms with van der Waals surface area (Å²) in [5.74, 6) is -0.599. The van der Waals surface area contributed by atoms with Crippen molar-refractivity contribution in [1.82, 2.24) is 15.2 Å². The van der Waals surface area contributed by atoms with E-state index in [2.05, 4.69) is 15.2 Å². The van der Waals surface area contributed by atoms with E-state index in [1.807, 2.05) is 0 Å². The molecule has 20 heavy (non-hydrogen) atoms. The number of nitrogens with zero attached hydrogens (tertiary/aromatic N) is 2. The molecule has 100 valence electrons. The number of benzene rings is 2. The number of H-pyrrole nitrogens is 1.